The molecule has 0 saturated carbocycles. The summed E-state index contributed by atoms with van der Waals surface area (Å²) in [5.74, 6) is -3.30. The topological polar surface area (TPSA) is 127 Å². The van der Waals surface area contributed by atoms with E-state index in [1.807, 2.05) is 6.07 Å². The van der Waals surface area contributed by atoms with Crippen LogP contribution in [0, 0.1) is 5.92 Å². The van der Waals surface area contributed by atoms with Gasteiger partial charge in [0.1, 0.15) is 11.4 Å². The van der Waals surface area contributed by atoms with Crippen molar-refractivity contribution in [3.63, 3.8) is 0 Å². The minimum absolute atomic E-state index is 0.0808. The highest BCUT2D eigenvalue weighted by atomic mass is 32.2. The Kier molecular flexibility index (Phi) is 5.68. The number of carboxylic acid groups (broad SMARTS) is 2. The summed E-state index contributed by atoms with van der Waals surface area (Å²) in [5, 5.41) is 31.1. The Morgan fingerprint density at radius 3 is 2.52 bits per heavy atom. The summed E-state index contributed by atoms with van der Waals surface area (Å²) in [6.07, 6.45) is -0.878. The van der Waals surface area contributed by atoms with Crippen LogP contribution in [0.3, 0.4) is 0 Å². The summed E-state index contributed by atoms with van der Waals surface area (Å²) in [6, 6.07) is 7.92. The number of β-lactam (4-membered cyclic amide) rings is 1. The van der Waals surface area contributed by atoms with E-state index in [4.69, 9.17) is 0 Å². The first kappa shape index (κ1) is 19.6. The molecule has 1 aromatic carbocycles. The normalized spacial score (nSPS) is 23.5. The lowest BCUT2D eigenvalue weighted by molar-refractivity contribution is -0.156. The van der Waals surface area contributed by atoms with Crippen molar-refractivity contribution in [2.75, 3.05) is 11.1 Å². The van der Waals surface area contributed by atoms with Gasteiger partial charge in [-0.3, -0.25) is 9.69 Å². The number of nitrogens with one attached hydrogen (secondary N) is 1. The molecule has 1 amide bonds. The number of para-hydroxylation sites is 1. The standard InChI is InChI=1S/C17H18N2O6S2/c1-8(20)11-13(21)19-12(16(24)25)17(27-14(11)19)26-7-10(15(22)23)18-9-5-3-2-4-6-9/h2-6,8,10-11,14,18,20H,7H2,1H3,(H,22,23)(H,24,25)/t8?,10-,11+,14-/m1/s1. The van der Waals surface area contributed by atoms with Crippen LogP contribution in [-0.4, -0.2) is 61.3 Å². The van der Waals surface area contributed by atoms with Crippen molar-refractivity contribution in [1.29, 1.82) is 0 Å². The molecule has 2 heterocycles. The van der Waals surface area contributed by atoms with E-state index in [2.05, 4.69) is 5.32 Å². The monoisotopic (exact) mass is 410 g/mol. The minimum atomic E-state index is -1.24. The SMILES string of the molecule is CC(O)[C@H]1C(=O)N2C(C(=O)O)=C(SC[C@@H](Nc3ccccc3)C(=O)O)S[C@H]12. The summed E-state index contributed by atoms with van der Waals surface area (Å²) in [4.78, 5) is 36.5. The fourth-order valence-corrected chi connectivity index (χ4v) is 5.88. The molecular formula is C17H18N2O6S2. The first-order chi connectivity index (χ1) is 12.8. The molecule has 1 unspecified atom stereocenters. The van der Waals surface area contributed by atoms with Crippen molar-refractivity contribution in [3.8, 4) is 0 Å². The molecular weight excluding hydrogens is 392 g/mol. The van der Waals surface area contributed by atoms with Crippen molar-refractivity contribution in [3.05, 3.63) is 40.3 Å². The number of anilines is 1. The maximum absolute atomic E-state index is 12.2. The predicted molar refractivity (Wildman–Crippen MR) is 102 cm³/mol. The molecule has 1 aromatic rings. The lowest BCUT2D eigenvalue weighted by atomic mass is 9.92. The largest absolute Gasteiger partial charge is 0.480 e. The van der Waals surface area contributed by atoms with E-state index in [1.54, 1.807) is 24.3 Å². The van der Waals surface area contributed by atoms with Crippen molar-refractivity contribution >= 4 is 47.1 Å². The third-order valence-corrected chi connectivity index (χ3v) is 7.01. The molecule has 0 bridgehead atoms. The number of thioether (sulfide) groups is 2. The summed E-state index contributed by atoms with van der Waals surface area (Å²) in [5.41, 5.74) is 0.505. The van der Waals surface area contributed by atoms with Crippen LogP contribution >= 0.6 is 23.5 Å². The van der Waals surface area contributed by atoms with E-state index in [0.717, 1.165) is 11.8 Å². The molecule has 2 aliphatic heterocycles. The number of carboxylic acids is 2. The number of amides is 1. The minimum Gasteiger partial charge on any atom is -0.480 e. The van der Waals surface area contributed by atoms with E-state index in [-0.39, 0.29) is 11.4 Å². The number of fused-ring (bicyclic) bond motifs is 1. The number of aliphatic carboxylic acids is 2. The molecule has 27 heavy (non-hydrogen) atoms. The smallest absolute Gasteiger partial charge is 0.354 e. The van der Waals surface area contributed by atoms with Gasteiger partial charge in [-0.2, -0.15) is 0 Å². The van der Waals surface area contributed by atoms with Crippen LogP contribution in [0.2, 0.25) is 0 Å². The number of carbonyl (C=O) groups is 3. The number of carbonyl (C=O) groups excluding carboxylic acids is 1. The van der Waals surface area contributed by atoms with Crippen LogP contribution in [0.4, 0.5) is 5.69 Å². The Morgan fingerprint density at radius 2 is 1.96 bits per heavy atom. The second-order valence-corrected chi connectivity index (χ2v) is 8.55. The summed E-state index contributed by atoms with van der Waals surface area (Å²) >= 11 is 2.27. The van der Waals surface area contributed by atoms with Crippen LogP contribution in [0.15, 0.2) is 40.3 Å². The molecule has 4 atom stereocenters. The molecule has 8 nitrogen and oxygen atoms in total. The quantitative estimate of drug-likeness (QED) is 0.471. The Hall–Kier alpha value is -2.17. The molecule has 2 aliphatic rings. The van der Waals surface area contributed by atoms with Crippen LogP contribution in [0.25, 0.3) is 0 Å². The van der Waals surface area contributed by atoms with Crippen molar-refractivity contribution < 1.29 is 29.7 Å². The number of hydrogen-bond donors (Lipinski definition) is 4. The maximum Gasteiger partial charge on any atom is 0.354 e. The number of aliphatic hydroxyl groups is 1. The van der Waals surface area contributed by atoms with Crippen LogP contribution in [0.1, 0.15) is 6.92 Å². The van der Waals surface area contributed by atoms with Crippen molar-refractivity contribution in [2.45, 2.75) is 24.4 Å². The van der Waals surface area contributed by atoms with Gasteiger partial charge >= 0.3 is 11.9 Å². The van der Waals surface area contributed by atoms with Gasteiger partial charge in [-0.25, -0.2) is 9.59 Å². The van der Waals surface area contributed by atoms with Gasteiger partial charge in [0.05, 0.1) is 16.3 Å². The van der Waals surface area contributed by atoms with Crippen molar-refractivity contribution in [1.82, 2.24) is 4.90 Å². The number of rotatable bonds is 8. The zero-order valence-corrected chi connectivity index (χ0v) is 15.9. The van der Waals surface area contributed by atoms with E-state index in [0.29, 0.717) is 9.92 Å². The Bertz CT molecular complexity index is 798. The number of hydrogen-bond acceptors (Lipinski definition) is 7. The van der Waals surface area contributed by atoms with Crippen LogP contribution in [0.5, 0.6) is 0 Å². The zero-order chi connectivity index (χ0) is 19.7. The average Bonchev–Trinajstić information content (AvgIpc) is 2.93. The molecule has 3 rings (SSSR count). The second-order valence-electron chi connectivity index (χ2n) is 6.14. The lowest BCUT2D eigenvalue weighted by Crippen LogP contribution is -2.60. The van der Waals surface area contributed by atoms with Gasteiger partial charge in [-0.1, -0.05) is 30.0 Å². The molecule has 1 fully saturated rings. The summed E-state index contributed by atoms with van der Waals surface area (Å²) in [6.45, 7) is 1.50. The molecule has 144 valence electrons. The van der Waals surface area contributed by atoms with E-state index < -0.39 is 41.3 Å². The van der Waals surface area contributed by atoms with Gasteiger partial charge < -0.3 is 20.6 Å². The molecule has 10 heteroatoms. The average molecular weight is 410 g/mol. The number of aliphatic hydroxyl groups excluding tert-OH is 1. The number of nitrogens with zero attached hydrogens (tertiary/aromatic N) is 1. The highest BCUT2D eigenvalue weighted by Crippen LogP contribution is 2.53. The first-order valence-electron chi connectivity index (χ1n) is 8.13. The van der Waals surface area contributed by atoms with E-state index in [1.165, 1.54) is 23.6 Å². The first-order valence-corrected chi connectivity index (χ1v) is 10.0. The third kappa shape index (κ3) is 3.78. The van der Waals surface area contributed by atoms with Gasteiger partial charge in [-0.05, 0) is 19.1 Å². The highest BCUT2D eigenvalue weighted by Gasteiger charge is 2.57. The van der Waals surface area contributed by atoms with Gasteiger partial charge in [0.2, 0.25) is 5.91 Å². The fourth-order valence-electron chi connectivity index (χ4n) is 2.92. The van der Waals surface area contributed by atoms with E-state index >= 15 is 0 Å². The maximum atomic E-state index is 12.2. The van der Waals surface area contributed by atoms with Crippen LogP contribution in [-0.2, 0) is 14.4 Å². The van der Waals surface area contributed by atoms with Crippen molar-refractivity contribution in [2.24, 2.45) is 5.92 Å². The zero-order valence-electron chi connectivity index (χ0n) is 14.2. The molecule has 0 aliphatic carbocycles. The molecule has 4 N–H and O–H groups in total. The Morgan fingerprint density at radius 1 is 1.30 bits per heavy atom. The van der Waals surface area contributed by atoms with Gasteiger partial charge in [0, 0.05) is 11.4 Å². The molecule has 0 aromatic heterocycles. The van der Waals surface area contributed by atoms with Gasteiger partial charge in [-0.15, -0.1) is 11.8 Å². The highest BCUT2D eigenvalue weighted by molar-refractivity contribution is 8.22. The van der Waals surface area contributed by atoms with E-state index in [9.17, 15) is 29.7 Å². The number of benzene rings is 1. The van der Waals surface area contributed by atoms with Crippen LogP contribution < -0.4 is 5.32 Å². The second kappa shape index (κ2) is 7.83. The Balaban J connectivity index is 1.73. The van der Waals surface area contributed by atoms with Gasteiger partial charge in [0.25, 0.3) is 0 Å². The third-order valence-electron chi connectivity index (χ3n) is 4.26. The predicted octanol–water partition coefficient (Wildman–Crippen LogP) is 1.45. The summed E-state index contributed by atoms with van der Waals surface area (Å²) in [7, 11) is 0. The fraction of sp³-hybridized carbons (Fsp3) is 0.353. The Labute approximate surface area is 163 Å². The molecule has 0 spiro atoms. The summed E-state index contributed by atoms with van der Waals surface area (Å²) < 4.78 is 0.380. The molecule has 0 radical (unpaired) electrons. The lowest BCUT2D eigenvalue weighted by Gasteiger charge is -2.43. The van der Waals surface area contributed by atoms with Gasteiger partial charge in [0.15, 0.2) is 5.70 Å². The molecule has 1 saturated heterocycles.